The Bertz CT molecular complexity index is 365. The van der Waals surface area contributed by atoms with E-state index < -0.39 is 5.97 Å². The topological polar surface area (TPSA) is 53.4 Å². The molecule has 0 saturated carbocycles. The molecule has 4 nitrogen and oxygen atoms in total. The largest absolute Gasteiger partial charge is 0.478 e. The van der Waals surface area contributed by atoms with Gasteiger partial charge in [0.25, 0.3) is 0 Å². The molecule has 1 aromatic heterocycles. The van der Waals surface area contributed by atoms with Gasteiger partial charge in [0.15, 0.2) is 0 Å². The third-order valence-corrected chi connectivity index (χ3v) is 2.76. The van der Waals surface area contributed by atoms with Gasteiger partial charge in [-0.05, 0) is 38.1 Å². The first-order valence-corrected chi connectivity index (χ1v) is 5.60. The second kappa shape index (κ2) is 6.81. The van der Waals surface area contributed by atoms with Gasteiger partial charge in [-0.2, -0.15) is 0 Å². The Labute approximate surface area is 102 Å². The van der Waals surface area contributed by atoms with Gasteiger partial charge >= 0.3 is 5.97 Å². The van der Waals surface area contributed by atoms with Crippen molar-refractivity contribution in [2.45, 2.75) is 18.9 Å². The molecule has 1 N–H and O–H groups in total. The van der Waals surface area contributed by atoms with E-state index in [0.717, 1.165) is 6.08 Å². The maximum atomic E-state index is 9.25. The summed E-state index contributed by atoms with van der Waals surface area (Å²) in [6, 6.07) is 4.79. The number of nitrogens with zero attached hydrogens (tertiary/aromatic N) is 2. The fourth-order valence-corrected chi connectivity index (χ4v) is 1.90. The SMILES string of the molecule is C=CC(=O)O.CN1CCCC1c1cccnc1. The number of carboxylic acid groups (broad SMARTS) is 1. The Kier molecular flexibility index (Phi) is 5.36. The van der Waals surface area contributed by atoms with Crippen LogP contribution in [0.25, 0.3) is 0 Å². The summed E-state index contributed by atoms with van der Waals surface area (Å²) in [6.45, 7) is 4.18. The maximum absolute atomic E-state index is 9.25. The molecule has 1 saturated heterocycles. The van der Waals surface area contributed by atoms with Gasteiger partial charge in [-0.3, -0.25) is 9.88 Å². The second-order valence-electron chi connectivity index (χ2n) is 3.97. The number of carboxylic acids is 1. The first kappa shape index (κ1) is 13.4. The molecule has 1 fully saturated rings. The quantitative estimate of drug-likeness (QED) is 0.796. The van der Waals surface area contributed by atoms with E-state index in [1.54, 1.807) is 0 Å². The molecule has 1 aliphatic rings. The summed E-state index contributed by atoms with van der Waals surface area (Å²) in [4.78, 5) is 15.8. The van der Waals surface area contributed by atoms with E-state index in [0.29, 0.717) is 6.04 Å². The van der Waals surface area contributed by atoms with Gasteiger partial charge in [0.2, 0.25) is 0 Å². The zero-order valence-corrected chi connectivity index (χ0v) is 10.0. The van der Waals surface area contributed by atoms with Gasteiger partial charge < -0.3 is 5.11 Å². The molecule has 4 heteroatoms. The maximum Gasteiger partial charge on any atom is 0.327 e. The molecule has 92 valence electrons. The second-order valence-corrected chi connectivity index (χ2v) is 3.97. The predicted octanol–water partition coefficient (Wildman–Crippen LogP) is 2.11. The number of rotatable bonds is 2. The average molecular weight is 234 g/mol. The Morgan fingerprint density at radius 3 is 2.82 bits per heavy atom. The van der Waals surface area contributed by atoms with Gasteiger partial charge in [-0.25, -0.2) is 4.79 Å². The number of carbonyl (C=O) groups is 1. The summed E-state index contributed by atoms with van der Waals surface area (Å²) < 4.78 is 0. The average Bonchev–Trinajstić information content (AvgIpc) is 2.77. The van der Waals surface area contributed by atoms with Crippen molar-refractivity contribution in [3.8, 4) is 0 Å². The van der Waals surface area contributed by atoms with Crippen LogP contribution in [-0.2, 0) is 4.79 Å². The van der Waals surface area contributed by atoms with E-state index in [-0.39, 0.29) is 0 Å². The molecule has 2 heterocycles. The predicted molar refractivity (Wildman–Crippen MR) is 66.7 cm³/mol. The highest BCUT2D eigenvalue weighted by atomic mass is 16.4. The van der Waals surface area contributed by atoms with Gasteiger partial charge in [0, 0.05) is 24.5 Å². The summed E-state index contributed by atoms with van der Waals surface area (Å²) in [6.07, 6.45) is 7.24. The van der Waals surface area contributed by atoms with Crippen molar-refractivity contribution >= 4 is 5.97 Å². The van der Waals surface area contributed by atoms with Gasteiger partial charge in [0.05, 0.1) is 0 Å². The first-order valence-electron chi connectivity index (χ1n) is 5.60. The van der Waals surface area contributed by atoms with Crippen molar-refractivity contribution in [3.63, 3.8) is 0 Å². The van der Waals surface area contributed by atoms with E-state index in [1.807, 2.05) is 18.5 Å². The molecule has 0 aliphatic carbocycles. The number of aromatic nitrogens is 1. The first-order chi connectivity index (χ1) is 8.15. The number of hydrogen-bond donors (Lipinski definition) is 1. The van der Waals surface area contributed by atoms with E-state index in [9.17, 15) is 4.79 Å². The van der Waals surface area contributed by atoms with Gasteiger partial charge in [0.1, 0.15) is 0 Å². The monoisotopic (exact) mass is 234 g/mol. The van der Waals surface area contributed by atoms with Crippen LogP contribution < -0.4 is 0 Å². The Balaban J connectivity index is 0.000000249. The summed E-state index contributed by atoms with van der Waals surface area (Å²) in [5.41, 5.74) is 1.36. The standard InChI is InChI=1S/C10H14N2.C3H4O2/c1-12-7-3-5-10(12)9-4-2-6-11-8-9;1-2-3(4)5/h2,4,6,8,10H,3,5,7H2,1H3;2H,1H2,(H,4,5). The lowest BCUT2D eigenvalue weighted by atomic mass is 10.1. The van der Waals surface area contributed by atoms with Crippen molar-refractivity contribution in [1.82, 2.24) is 9.88 Å². The van der Waals surface area contributed by atoms with E-state index >= 15 is 0 Å². The lowest BCUT2D eigenvalue weighted by molar-refractivity contribution is -0.131. The Morgan fingerprint density at radius 2 is 2.41 bits per heavy atom. The minimum atomic E-state index is -0.981. The number of pyridine rings is 1. The van der Waals surface area contributed by atoms with Crippen LogP contribution in [0.2, 0.25) is 0 Å². The smallest absolute Gasteiger partial charge is 0.327 e. The Morgan fingerprint density at radius 1 is 1.71 bits per heavy atom. The molecular weight excluding hydrogens is 216 g/mol. The number of hydrogen-bond acceptors (Lipinski definition) is 3. The summed E-state index contributed by atoms with van der Waals surface area (Å²) in [7, 11) is 2.19. The lowest BCUT2D eigenvalue weighted by Gasteiger charge is -2.18. The summed E-state index contributed by atoms with van der Waals surface area (Å²) >= 11 is 0. The molecule has 0 spiro atoms. The van der Waals surface area contributed by atoms with E-state index in [2.05, 4.69) is 29.6 Å². The molecule has 2 rings (SSSR count). The van der Waals surface area contributed by atoms with Gasteiger partial charge in [-0.1, -0.05) is 12.6 Å². The van der Waals surface area contributed by atoms with E-state index in [1.165, 1.54) is 24.9 Å². The Hall–Kier alpha value is -1.68. The minimum absolute atomic E-state index is 0.610. The molecule has 1 unspecified atom stereocenters. The molecular formula is C13H18N2O2. The normalized spacial score (nSPS) is 19.2. The molecule has 1 atom stereocenters. The highest BCUT2D eigenvalue weighted by molar-refractivity contribution is 5.78. The van der Waals surface area contributed by atoms with Gasteiger partial charge in [-0.15, -0.1) is 0 Å². The van der Waals surface area contributed by atoms with Crippen LogP contribution in [0.3, 0.4) is 0 Å². The van der Waals surface area contributed by atoms with E-state index in [4.69, 9.17) is 5.11 Å². The van der Waals surface area contributed by atoms with Crippen molar-refractivity contribution in [2.24, 2.45) is 0 Å². The zero-order chi connectivity index (χ0) is 12.7. The summed E-state index contributed by atoms with van der Waals surface area (Å²) in [5, 5.41) is 7.60. The van der Waals surface area contributed by atoms with Crippen LogP contribution >= 0.6 is 0 Å². The molecule has 17 heavy (non-hydrogen) atoms. The third kappa shape index (κ3) is 4.36. The van der Waals surface area contributed by atoms with Crippen molar-refractivity contribution in [2.75, 3.05) is 13.6 Å². The van der Waals surface area contributed by atoms with Crippen LogP contribution in [-0.4, -0.2) is 34.6 Å². The van der Waals surface area contributed by atoms with Crippen LogP contribution in [0.5, 0.6) is 0 Å². The van der Waals surface area contributed by atoms with Crippen molar-refractivity contribution < 1.29 is 9.90 Å². The summed E-state index contributed by atoms with van der Waals surface area (Å²) in [5.74, 6) is -0.981. The van der Waals surface area contributed by atoms with Crippen LogP contribution in [0.4, 0.5) is 0 Å². The van der Waals surface area contributed by atoms with Crippen LogP contribution in [0.15, 0.2) is 37.2 Å². The van der Waals surface area contributed by atoms with Crippen LogP contribution in [0.1, 0.15) is 24.4 Å². The molecule has 1 aromatic rings. The third-order valence-electron chi connectivity index (χ3n) is 2.76. The number of likely N-dealkylation sites (tertiary alicyclic amines) is 1. The minimum Gasteiger partial charge on any atom is -0.478 e. The zero-order valence-electron chi connectivity index (χ0n) is 10.0. The molecule has 0 radical (unpaired) electrons. The fourth-order valence-electron chi connectivity index (χ4n) is 1.90. The highest BCUT2D eigenvalue weighted by Crippen LogP contribution is 2.29. The highest BCUT2D eigenvalue weighted by Gasteiger charge is 2.21. The molecule has 0 bridgehead atoms. The molecule has 1 aliphatic heterocycles. The molecule has 0 amide bonds. The van der Waals surface area contributed by atoms with Crippen molar-refractivity contribution in [1.29, 1.82) is 0 Å². The van der Waals surface area contributed by atoms with Crippen molar-refractivity contribution in [3.05, 3.63) is 42.7 Å². The fraction of sp³-hybridized carbons (Fsp3) is 0.385. The molecule has 0 aromatic carbocycles. The number of aliphatic carboxylic acids is 1. The lowest BCUT2D eigenvalue weighted by Crippen LogP contribution is -2.17. The van der Waals surface area contributed by atoms with Crippen LogP contribution in [0, 0.1) is 0 Å².